The second-order valence-electron chi connectivity index (χ2n) is 5.98. The molecule has 0 saturated heterocycles. The van der Waals surface area contributed by atoms with Crippen LogP contribution in [0.4, 0.5) is 5.69 Å². The average Bonchev–Trinajstić information content (AvgIpc) is 3.02. The number of carbonyl (C=O) groups is 2. The number of rotatable bonds is 5. The maximum Gasteiger partial charge on any atom is 0.330 e. The Morgan fingerprint density at radius 2 is 2.31 bits per heavy atom. The van der Waals surface area contributed by atoms with Crippen molar-refractivity contribution in [2.24, 2.45) is 0 Å². The molecule has 1 aromatic rings. The van der Waals surface area contributed by atoms with Gasteiger partial charge in [0.2, 0.25) is 5.76 Å². The summed E-state index contributed by atoms with van der Waals surface area (Å²) in [5.74, 6) is -0.790. The van der Waals surface area contributed by atoms with Crippen molar-refractivity contribution in [2.45, 2.75) is 30.6 Å². The molecule has 2 heterocycles. The van der Waals surface area contributed by atoms with Crippen molar-refractivity contribution in [2.75, 3.05) is 18.1 Å². The van der Waals surface area contributed by atoms with E-state index in [1.807, 2.05) is 18.2 Å². The Morgan fingerprint density at radius 3 is 3.04 bits per heavy atom. The van der Waals surface area contributed by atoms with E-state index in [0.717, 1.165) is 29.6 Å². The van der Waals surface area contributed by atoms with Gasteiger partial charge in [0, 0.05) is 17.5 Å². The molecule has 1 atom stereocenters. The van der Waals surface area contributed by atoms with Crippen LogP contribution in [0.25, 0.3) is 0 Å². The number of para-hydroxylation sites is 1. The van der Waals surface area contributed by atoms with Crippen molar-refractivity contribution in [3.63, 3.8) is 0 Å². The van der Waals surface area contributed by atoms with Crippen LogP contribution in [0, 0.1) is 11.3 Å². The van der Waals surface area contributed by atoms with Gasteiger partial charge in [0.05, 0.1) is 12.1 Å². The summed E-state index contributed by atoms with van der Waals surface area (Å²) in [6.45, 7) is 6.12. The standard InChI is InChI=1S/C19H18N2O4S/c1-3-16(22)24-10-8-17(23)25-14(11-20)19-21-9-7-12(2)13-5-4-6-15(26-19)18(13)21/h3-6,12H,1,7-10H2,2H3/b19-14-. The van der Waals surface area contributed by atoms with Crippen LogP contribution in [-0.4, -0.2) is 25.1 Å². The van der Waals surface area contributed by atoms with Gasteiger partial charge >= 0.3 is 11.9 Å². The minimum absolute atomic E-state index is 0.0215. The summed E-state index contributed by atoms with van der Waals surface area (Å²) in [6.07, 6.45) is 1.86. The lowest BCUT2D eigenvalue weighted by molar-refractivity contribution is -0.143. The lowest BCUT2D eigenvalue weighted by atomic mass is 9.92. The summed E-state index contributed by atoms with van der Waals surface area (Å²) in [5.41, 5.74) is 2.35. The molecule has 0 bridgehead atoms. The van der Waals surface area contributed by atoms with E-state index < -0.39 is 11.9 Å². The van der Waals surface area contributed by atoms with Crippen LogP contribution in [0.3, 0.4) is 0 Å². The summed E-state index contributed by atoms with van der Waals surface area (Å²) in [5, 5.41) is 10.1. The third-order valence-electron chi connectivity index (χ3n) is 4.30. The number of ether oxygens (including phenoxy) is 2. The molecule has 0 N–H and O–H groups in total. The molecule has 0 fully saturated rings. The van der Waals surface area contributed by atoms with Gasteiger partial charge in [-0.1, -0.05) is 37.4 Å². The molecule has 134 valence electrons. The maximum absolute atomic E-state index is 12.0. The van der Waals surface area contributed by atoms with Crippen molar-refractivity contribution < 1.29 is 19.1 Å². The topological polar surface area (TPSA) is 79.6 Å². The highest BCUT2D eigenvalue weighted by Gasteiger charge is 2.35. The van der Waals surface area contributed by atoms with E-state index in [-0.39, 0.29) is 18.8 Å². The first kappa shape index (κ1) is 18.1. The van der Waals surface area contributed by atoms with Crippen LogP contribution in [0.2, 0.25) is 0 Å². The van der Waals surface area contributed by atoms with Gasteiger partial charge in [-0.3, -0.25) is 4.79 Å². The number of thioether (sulfide) groups is 1. The zero-order valence-electron chi connectivity index (χ0n) is 14.4. The Balaban J connectivity index is 1.77. The van der Waals surface area contributed by atoms with E-state index in [9.17, 15) is 14.9 Å². The van der Waals surface area contributed by atoms with Crippen LogP contribution in [0.15, 0.2) is 46.5 Å². The van der Waals surface area contributed by atoms with Crippen molar-refractivity contribution in [3.05, 3.63) is 47.2 Å². The molecule has 0 radical (unpaired) electrons. The average molecular weight is 370 g/mol. The molecule has 0 aromatic heterocycles. The molecule has 1 unspecified atom stereocenters. The minimum atomic E-state index is -0.618. The fraction of sp³-hybridized carbons (Fsp3) is 0.316. The molecule has 0 aliphatic carbocycles. The van der Waals surface area contributed by atoms with E-state index in [1.165, 1.54) is 17.3 Å². The first-order chi connectivity index (χ1) is 12.5. The number of benzene rings is 1. The molecule has 0 amide bonds. The van der Waals surface area contributed by atoms with Crippen LogP contribution < -0.4 is 4.90 Å². The van der Waals surface area contributed by atoms with E-state index in [4.69, 9.17) is 9.47 Å². The van der Waals surface area contributed by atoms with Crippen LogP contribution in [0.1, 0.15) is 31.2 Å². The number of hydrogen-bond donors (Lipinski definition) is 0. The van der Waals surface area contributed by atoms with Crippen LogP contribution in [0.5, 0.6) is 0 Å². The summed E-state index contributed by atoms with van der Waals surface area (Å²) < 4.78 is 10.0. The summed E-state index contributed by atoms with van der Waals surface area (Å²) >= 11 is 1.44. The molecule has 26 heavy (non-hydrogen) atoms. The first-order valence-corrected chi connectivity index (χ1v) is 9.09. The molecule has 7 heteroatoms. The van der Waals surface area contributed by atoms with Gasteiger partial charge in [-0.15, -0.1) is 0 Å². The van der Waals surface area contributed by atoms with E-state index in [1.54, 1.807) is 0 Å². The lowest BCUT2D eigenvalue weighted by Gasteiger charge is -2.31. The van der Waals surface area contributed by atoms with Crippen molar-refractivity contribution >= 4 is 29.4 Å². The van der Waals surface area contributed by atoms with Gasteiger partial charge < -0.3 is 14.4 Å². The normalized spacial score (nSPS) is 19.2. The number of hydrogen-bond acceptors (Lipinski definition) is 7. The van der Waals surface area contributed by atoms with Gasteiger partial charge in [0.1, 0.15) is 17.7 Å². The first-order valence-electron chi connectivity index (χ1n) is 8.27. The van der Waals surface area contributed by atoms with Gasteiger partial charge in [-0.2, -0.15) is 5.26 Å². The van der Waals surface area contributed by atoms with Gasteiger partial charge in [0.25, 0.3) is 0 Å². The number of anilines is 1. The molecule has 0 spiro atoms. The van der Waals surface area contributed by atoms with Gasteiger partial charge in [-0.25, -0.2) is 4.79 Å². The number of allylic oxidation sites excluding steroid dienone is 1. The zero-order valence-corrected chi connectivity index (χ0v) is 15.2. The van der Waals surface area contributed by atoms with Gasteiger partial charge in [-0.05, 0) is 24.0 Å². The molecular weight excluding hydrogens is 352 g/mol. The Labute approximate surface area is 156 Å². The SMILES string of the molecule is C=CC(=O)OCCC(=O)O/C(C#N)=C1\Sc2cccc3c2N1CCC3C. The number of carbonyl (C=O) groups excluding carboxylic acids is 2. The fourth-order valence-electron chi connectivity index (χ4n) is 3.00. The predicted molar refractivity (Wildman–Crippen MR) is 97.2 cm³/mol. The number of esters is 2. The van der Waals surface area contributed by atoms with Crippen LogP contribution in [-0.2, 0) is 19.1 Å². The minimum Gasteiger partial charge on any atom is -0.462 e. The van der Waals surface area contributed by atoms with E-state index in [2.05, 4.69) is 24.5 Å². The van der Waals surface area contributed by atoms with E-state index in [0.29, 0.717) is 10.9 Å². The largest absolute Gasteiger partial charge is 0.462 e. The number of nitriles is 1. The van der Waals surface area contributed by atoms with Crippen molar-refractivity contribution in [1.29, 1.82) is 5.26 Å². The Bertz CT molecular complexity index is 840. The predicted octanol–water partition coefficient (Wildman–Crippen LogP) is 3.46. The summed E-state index contributed by atoms with van der Waals surface area (Å²) in [4.78, 5) is 26.1. The maximum atomic E-state index is 12.0. The highest BCUT2D eigenvalue weighted by atomic mass is 32.2. The summed E-state index contributed by atoms with van der Waals surface area (Å²) in [6, 6.07) is 8.11. The summed E-state index contributed by atoms with van der Waals surface area (Å²) in [7, 11) is 0. The fourth-order valence-corrected chi connectivity index (χ4v) is 4.15. The quantitative estimate of drug-likeness (QED) is 0.340. The van der Waals surface area contributed by atoms with Crippen molar-refractivity contribution in [1.82, 2.24) is 0 Å². The molecule has 1 aromatic carbocycles. The second-order valence-corrected chi connectivity index (χ2v) is 7.01. The van der Waals surface area contributed by atoms with Crippen molar-refractivity contribution in [3.8, 4) is 6.07 Å². The Hall–Kier alpha value is -2.72. The smallest absolute Gasteiger partial charge is 0.330 e. The Kier molecular flexibility index (Phi) is 5.33. The highest BCUT2D eigenvalue weighted by molar-refractivity contribution is 8.03. The van der Waals surface area contributed by atoms with E-state index >= 15 is 0 Å². The monoisotopic (exact) mass is 370 g/mol. The second kappa shape index (κ2) is 7.67. The third kappa shape index (κ3) is 3.46. The highest BCUT2D eigenvalue weighted by Crippen LogP contribution is 2.53. The van der Waals surface area contributed by atoms with Gasteiger partial charge in [0.15, 0.2) is 0 Å². The Morgan fingerprint density at radius 1 is 1.50 bits per heavy atom. The molecule has 2 aliphatic rings. The molecular formula is C19H18N2O4S. The molecule has 6 nitrogen and oxygen atoms in total. The zero-order chi connectivity index (χ0) is 18.7. The molecule has 3 rings (SSSR count). The van der Waals surface area contributed by atoms with Crippen LogP contribution >= 0.6 is 11.8 Å². The third-order valence-corrected chi connectivity index (χ3v) is 5.45. The lowest BCUT2D eigenvalue weighted by Crippen LogP contribution is -2.27. The number of nitrogens with zero attached hydrogens (tertiary/aromatic N) is 2. The molecule has 0 saturated carbocycles. The molecule has 2 aliphatic heterocycles.